The summed E-state index contributed by atoms with van der Waals surface area (Å²) in [5.74, 6) is -0.673. The summed E-state index contributed by atoms with van der Waals surface area (Å²) in [7, 11) is 0. The third-order valence-corrected chi connectivity index (χ3v) is 4.25. The lowest BCUT2D eigenvalue weighted by Gasteiger charge is -2.31. The SMILES string of the molecule is CC(=O)NCCNC(=O)C(=O)N1CCC(Cc2ccccc2)CC1. The second kappa shape index (κ2) is 9.05. The summed E-state index contributed by atoms with van der Waals surface area (Å²) in [5.41, 5.74) is 1.32. The molecule has 2 N–H and O–H groups in total. The summed E-state index contributed by atoms with van der Waals surface area (Å²) >= 11 is 0. The Balaban J connectivity index is 1.70. The predicted octanol–water partition coefficient (Wildman–Crippen LogP) is 0.720. The van der Waals surface area contributed by atoms with Gasteiger partial charge in [0.15, 0.2) is 0 Å². The molecule has 0 spiro atoms. The lowest BCUT2D eigenvalue weighted by atomic mass is 9.90. The Morgan fingerprint density at radius 1 is 1.04 bits per heavy atom. The van der Waals surface area contributed by atoms with Crippen molar-refractivity contribution in [3.63, 3.8) is 0 Å². The molecule has 0 bridgehead atoms. The van der Waals surface area contributed by atoms with Gasteiger partial charge < -0.3 is 15.5 Å². The van der Waals surface area contributed by atoms with Gasteiger partial charge in [0, 0.05) is 33.1 Å². The minimum atomic E-state index is -0.595. The van der Waals surface area contributed by atoms with Gasteiger partial charge in [-0.25, -0.2) is 0 Å². The number of hydrogen-bond donors (Lipinski definition) is 2. The molecule has 6 heteroatoms. The number of benzene rings is 1. The highest BCUT2D eigenvalue weighted by Crippen LogP contribution is 2.21. The van der Waals surface area contributed by atoms with Crippen molar-refractivity contribution in [2.75, 3.05) is 26.2 Å². The molecule has 1 saturated heterocycles. The van der Waals surface area contributed by atoms with E-state index in [0.717, 1.165) is 19.3 Å². The first-order valence-corrected chi connectivity index (χ1v) is 8.41. The van der Waals surface area contributed by atoms with Crippen molar-refractivity contribution in [1.29, 1.82) is 0 Å². The Labute approximate surface area is 142 Å². The van der Waals surface area contributed by atoms with Gasteiger partial charge in [0.1, 0.15) is 0 Å². The van der Waals surface area contributed by atoms with E-state index in [9.17, 15) is 14.4 Å². The van der Waals surface area contributed by atoms with Crippen LogP contribution in [0.1, 0.15) is 25.3 Å². The Hall–Kier alpha value is -2.37. The first-order chi connectivity index (χ1) is 11.6. The fourth-order valence-electron chi connectivity index (χ4n) is 2.92. The highest BCUT2D eigenvalue weighted by Gasteiger charge is 2.26. The maximum Gasteiger partial charge on any atom is 0.311 e. The summed E-state index contributed by atoms with van der Waals surface area (Å²) in [4.78, 5) is 36.3. The molecular formula is C18H25N3O3. The molecule has 2 rings (SSSR count). The Bertz CT molecular complexity index is 566. The van der Waals surface area contributed by atoms with E-state index < -0.39 is 11.8 Å². The van der Waals surface area contributed by atoms with Gasteiger partial charge >= 0.3 is 11.8 Å². The highest BCUT2D eigenvalue weighted by atomic mass is 16.2. The molecule has 0 unspecified atom stereocenters. The number of carbonyl (C=O) groups is 3. The first kappa shape index (κ1) is 18.0. The molecule has 1 aromatic carbocycles. The number of piperidine rings is 1. The van der Waals surface area contributed by atoms with Gasteiger partial charge in [-0.3, -0.25) is 14.4 Å². The number of nitrogens with one attached hydrogen (secondary N) is 2. The number of amides is 3. The predicted molar refractivity (Wildman–Crippen MR) is 91.1 cm³/mol. The van der Waals surface area contributed by atoms with Crippen LogP contribution < -0.4 is 10.6 Å². The van der Waals surface area contributed by atoms with Crippen LogP contribution in [-0.2, 0) is 20.8 Å². The van der Waals surface area contributed by atoms with E-state index in [2.05, 4.69) is 22.8 Å². The Kier molecular flexibility index (Phi) is 6.78. The van der Waals surface area contributed by atoms with Gasteiger partial charge in [-0.1, -0.05) is 30.3 Å². The van der Waals surface area contributed by atoms with E-state index in [1.165, 1.54) is 12.5 Å². The minimum Gasteiger partial charge on any atom is -0.355 e. The second-order valence-corrected chi connectivity index (χ2v) is 6.16. The van der Waals surface area contributed by atoms with Crippen molar-refractivity contribution in [2.45, 2.75) is 26.2 Å². The molecule has 0 aliphatic carbocycles. The zero-order valence-corrected chi connectivity index (χ0v) is 14.1. The number of likely N-dealkylation sites (tertiary alicyclic amines) is 1. The minimum absolute atomic E-state index is 0.156. The Morgan fingerprint density at radius 2 is 1.67 bits per heavy atom. The molecule has 1 aliphatic rings. The zero-order valence-electron chi connectivity index (χ0n) is 14.1. The fraction of sp³-hybridized carbons (Fsp3) is 0.500. The average molecular weight is 331 g/mol. The number of rotatable bonds is 5. The molecule has 0 radical (unpaired) electrons. The maximum absolute atomic E-state index is 12.1. The summed E-state index contributed by atoms with van der Waals surface area (Å²) in [6.07, 6.45) is 2.85. The Morgan fingerprint density at radius 3 is 2.29 bits per heavy atom. The van der Waals surface area contributed by atoms with Gasteiger partial charge in [-0.2, -0.15) is 0 Å². The molecule has 1 fully saturated rings. The van der Waals surface area contributed by atoms with Crippen molar-refractivity contribution in [3.8, 4) is 0 Å². The standard InChI is InChI=1S/C18H25N3O3/c1-14(22)19-9-10-20-17(23)18(24)21-11-7-16(8-12-21)13-15-5-3-2-4-6-15/h2-6,16H,7-13H2,1H3,(H,19,22)(H,20,23). The summed E-state index contributed by atoms with van der Waals surface area (Å²) in [5, 5.41) is 5.11. The van der Waals surface area contributed by atoms with Gasteiger partial charge in [0.25, 0.3) is 0 Å². The van der Waals surface area contributed by atoms with E-state index in [1.54, 1.807) is 4.90 Å². The first-order valence-electron chi connectivity index (χ1n) is 8.41. The summed E-state index contributed by atoms with van der Waals surface area (Å²) in [6, 6.07) is 10.3. The van der Waals surface area contributed by atoms with Crippen LogP contribution in [-0.4, -0.2) is 48.8 Å². The van der Waals surface area contributed by atoms with Gasteiger partial charge in [0.05, 0.1) is 0 Å². The van der Waals surface area contributed by atoms with Gasteiger partial charge in [-0.15, -0.1) is 0 Å². The smallest absolute Gasteiger partial charge is 0.311 e. The van der Waals surface area contributed by atoms with Crippen molar-refractivity contribution in [2.24, 2.45) is 5.92 Å². The normalized spacial score (nSPS) is 15.0. The number of hydrogen-bond acceptors (Lipinski definition) is 3. The van der Waals surface area contributed by atoms with Crippen molar-refractivity contribution < 1.29 is 14.4 Å². The monoisotopic (exact) mass is 331 g/mol. The third kappa shape index (κ3) is 5.68. The van der Waals surface area contributed by atoms with Crippen LogP contribution in [0, 0.1) is 5.92 Å². The zero-order chi connectivity index (χ0) is 17.4. The highest BCUT2D eigenvalue weighted by molar-refractivity contribution is 6.35. The molecule has 0 atom stereocenters. The average Bonchev–Trinajstić information content (AvgIpc) is 2.59. The molecule has 24 heavy (non-hydrogen) atoms. The largest absolute Gasteiger partial charge is 0.355 e. The lowest BCUT2D eigenvalue weighted by Crippen LogP contribution is -2.47. The van der Waals surface area contributed by atoms with Crippen LogP contribution in [0.5, 0.6) is 0 Å². The topological polar surface area (TPSA) is 78.5 Å². The second-order valence-electron chi connectivity index (χ2n) is 6.16. The van der Waals surface area contributed by atoms with Crippen molar-refractivity contribution in [3.05, 3.63) is 35.9 Å². The van der Waals surface area contributed by atoms with Crippen LogP contribution in [0.15, 0.2) is 30.3 Å². The van der Waals surface area contributed by atoms with Crippen molar-refractivity contribution in [1.82, 2.24) is 15.5 Å². The molecule has 1 heterocycles. The molecule has 6 nitrogen and oxygen atoms in total. The third-order valence-electron chi connectivity index (χ3n) is 4.25. The van der Waals surface area contributed by atoms with E-state index in [1.807, 2.05) is 18.2 Å². The van der Waals surface area contributed by atoms with Crippen LogP contribution in [0.3, 0.4) is 0 Å². The van der Waals surface area contributed by atoms with Gasteiger partial charge in [0.2, 0.25) is 5.91 Å². The van der Waals surface area contributed by atoms with E-state index >= 15 is 0 Å². The van der Waals surface area contributed by atoms with Crippen LogP contribution >= 0.6 is 0 Å². The van der Waals surface area contributed by atoms with Gasteiger partial charge in [-0.05, 0) is 30.7 Å². The maximum atomic E-state index is 12.1. The number of nitrogens with zero attached hydrogens (tertiary/aromatic N) is 1. The van der Waals surface area contributed by atoms with Crippen LogP contribution in [0.4, 0.5) is 0 Å². The summed E-state index contributed by atoms with van der Waals surface area (Å²) in [6.45, 7) is 3.24. The van der Waals surface area contributed by atoms with E-state index in [-0.39, 0.29) is 12.5 Å². The fourth-order valence-corrected chi connectivity index (χ4v) is 2.92. The van der Waals surface area contributed by atoms with E-state index in [0.29, 0.717) is 25.6 Å². The van der Waals surface area contributed by atoms with Crippen molar-refractivity contribution >= 4 is 17.7 Å². The lowest BCUT2D eigenvalue weighted by molar-refractivity contribution is -0.146. The number of carbonyl (C=O) groups excluding carboxylic acids is 3. The van der Waals surface area contributed by atoms with Crippen LogP contribution in [0.2, 0.25) is 0 Å². The molecule has 0 aromatic heterocycles. The molecule has 1 aliphatic heterocycles. The quantitative estimate of drug-likeness (QED) is 0.616. The molecule has 1 aromatic rings. The van der Waals surface area contributed by atoms with E-state index in [4.69, 9.17) is 0 Å². The molecule has 130 valence electrons. The summed E-state index contributed by atoms with van der Waals surface area (Å²) < 4.78 is 0. The molecule has 0 saturated carbocycles. The molecular weight excluding hydrogens is 306 g/mol. The molecule has 3 amide bonds. The van der Waals surface area contributed by atoms with Crippen LogP contribution in [0.25, 0.3) is 0 Å².